The minimum absolute atomic E-state index is 0.00390. The summed E-state index contributed by atoms with van der Waals surface area (Å²) in [5.74, 6) is 0. The summed E-state index contributed by atoms with van der Waals surface area (Å²) in [6.45, 7) is 8.89. The number of aromatic nitrogens is 3. The third-order valence-corrected chi connectivity index (χ3v) is 3.02. The normalized spacial score (nSPS) is 18.5. The largest absolute Gasteiger partial charge is 0.381 e. The Labute approximate surface area is 103 Å². The summed E-state index contributed by atoms with van der Waals surface area (Å²) in [6.07, 6.45) is 4.20. The molecule has 0 unspecified atom stereocenters. The molecule has 1 aromatic heterocycles. The summed E-state index contributed by atoms with van der Waals surface area (Å²) in [7, 11) is 0. The van der Waals surface area contributed by atoms with Crippen molar-refractivity contribution in [3.8, 4) is 0 Å². The van der Waals surface area contributed by atoms with E-state index in [2.05, 4.69) is 36.4 Å². The van der Waals surface area contributed by atoms with Gasteiger partial charge in [-0.05, 0) is 33.6 Å². The van der Waals surface area contributed by atoms with Gasteiger partial charge in [-0.15, -0.1) is 5.10 Å². The van der Waals surface area contributed by atoms with E-state index in [9.17, 15) is 0 Å². The zero-order chi connectivity index (χ0) is 12.3. The predicted molar refractivity (Wildman–Crippen MR) is 65.7 cm³/mol. The third kappa shape index (κ3) is 3.51. The molecule has 0 amide bonds. The molecule has 1 aliphatic rings. The second kappa shape index (κ2) is 5.14. The zero-order valence-corrected chi connectivity index (χ0v) is 10.9. The summed E-state index contributed by atoms with van der Waals surface area (Å²) in [5.41, 5.74) is 1.01. The number of nitrogens with one attached hydrogen (secondary N) is 1. The Balaban J connectivity index is 1.84. The molecule has 1 fully saturated rings. The topological polar surface area (TPSA) is 52.0 Å². The van der Waals surface area contributed by atoms with E-state index in [0.717, 1.165) is 38.3 Å². The number of hydrogen-bond donors (Lipinski definition) is 1. The minimum Gasteiger partial charge on any atom is -0.381 e. The van der Waals surface area contributed by atoms with Crippen molar-refractivity contribution in [2.45, 2.75) is 51.7 Å². The molecular weight excluding hydrogens is 216 g/mol. The van der Waals surface area contributed by atoms with Crippen LogP contribution >= 0.6 is 0 Å². The van der Waals surface area contributed by atoms with Gasteiger partial charge in [0.2, 0.25) is 0 Å². The first kappa shape index (κ1) is 12.5. The minimum atomic E-state index is 0.00390. The van der Waals surface area contributed by atoms with Gasteiger partial charge >= 0.3 is 0 Å². The van der Waals surface area contributed by atoms with Crippen molar-refractivity contribution < 1.29 is 4.74 Å². The van der Waals surface area contributed by atoms with Crippen LogP contribution in [0.3, 0.4) is 0 Å². The highest BCUT2D eigenvalue weighted by Gasteiger charge is 2.16. The second-order valence-corrected chi connectivity index (χ2v) is 5.59. The molecule has 1 saturated heterocycles. The molecule has 96 valence electrons. The van der Waals surface area contributed by atoms with Gasteiger partial charge in [-0.3, -0.25) is 0 Å². The zero-order valence-electron chi connectivity index (χ0n) is 10.9. The Hall–Kier alpha value is -0.940. The highest BCUT2D eigenvalue weighted by molar-refractivity contribution is 4.94. The van der Waals surface area contributed by atoms with Gasteiger partial charge in [-0.2, -0.15) is 0 Å². The molecule has 1 aliphatic heterocycles. The molecular formula is C12H22N4O. The lowest BCUT2D eigenvalue weighted by atomic mass is 10.1. The van der Waals surface area contributed by atoms with Crippen LogP contribution in [0.2, 0.25) is 0 Å². The van der Waals surface area contributed by atoms with Gasteiger partial charge in [0.05, 0.1) is 17.4 Å². The molecule has 0 spiro atoms. The molecule has 0 aliphatic carbocycles. The van der Waals surface area contributed by atoms with Crippen LogP contribution in [0.5, 0.6) is 0 Å². The van der Waals surface area contributed by atoms with E-state index in [4.69, 9.17) is 4.74 Å². The van der Waals surface area contributed by atoms with Crippen molar-refractivity contribution in [2.24, 2.45) is 0 Å². The third-order valence-electron chi connectivity index (χ3n) is 3.02. The summed E-state index contributed by atoms with van der Waals surface area (Å²) >= 11 is 0. The van der Waals surface area contributed by atoms with Crippen molar-refractivity contribution in [3.05, 3.63) is 11.9 Å². The summed E-state index contributed by atoms with van der Waals surface area (Å²) < 4.78 is 7.24. The fraction of sp³-hybridized carbons (Fsp3) is 0.833. The van der Waals surface area contributed by atoms with Gasteiger partial charge < -0.3 is 10.1 Å². The molecule has 2 heterocycles. The molecule has 5 nitrogen and oxygen atoms in total. The second-order valence-electron chi connectivity index (χ2n) is 5.59. The van der Waals surface area contributed by atoms with Crippen LogP contribution in [0.15, 0.2) is 6.20 Å². The number of ether oxygens (including phenoxy) is 1. The van der Waals surface area contributed by atoms with Crippen molar-refractivity contribution in [1.29, 1.82) is 0 Å². The molecule has 5 heteroatoms. The molecule has 0 aromatic carbocycles. The summed E-state index contributed by atoms with van der Waals surface area (Å²) in [4.78, 5) is 0. The maximum atomic E-state index is 5.33. The van der Waals surface area contributed by atoms with Crippen molar-refractivity contribution in [2.75, 3.05) is 13.2 Å². The Morgan fingerprint density at radius 1 is 1.41 bits per heavy atom. The van der Waals surface area contributed by atoms with Crippen LogP contribution in [0.25, 0.3) is 0 Å². The first-order valence-electron chi connectivity index (χ1n) is 6.28. The lowest BCUT2D eigenvalue weighted by Crippen LogP contribution is -2.34. The van der Waals surface area contributed by atoms with Crippen molar-refractivity contribution >= 4 is 0 Å². The quantitative estimate of drug-likeness (QED) is 0.862. The lowest BCUT2D eigenvalue weighted by molar-refractivity contribution is 0.0775. The van der Waals surface area contributed by atoms with Gasteiger partial charge in [0.25, 0.3) is 0 Å². The van der Waals surface area contributed by atoms with Gasteiger partial charge in [0, 0.05) is 25.8 Å². The fourth-order valence-corrected chi connectivity index (χ4v) is 1.86. The number of nitrogens with zero attached hydrogens (tertiary/aromatic N) is 3. The molecule has 0 radical (unpaired) electrons. The van der Waals surface area contributed by atoms with Crippen molar-refractivity contribution in [3.63, 3.8) is 0 Å². The smallest absolute Gasteiger partial charge is 0.0965 e. The molecule has 1 aromatic rings. The van der Waals surface area contributed by atoms with E-state index in [1.807, 2.05) is 10.9 Å². The van der Waals surface area contributed by atoms with E-state index < -0.39 is 0 Å². The van der Waals surface area contributed by atoms with Crippen LogP contribution in [0.4, 0.5) is 0 Å². The highest BCUT2D eigenvalue weighted by Crippen LogP contribution is 2.12. The average molecular weight is 238 g/mol. The van der Waals surface area contributed by atoms with Crippen LogP contribution < -0.4 is 5.32 Å². The van der Waals surface area contributed by atoms with Crippen molar-refractivity contribution in [1.82, 2.24) is 20.3 Å². The molecule has 1 N–H and O–H groups in total. The number of hydrogen-bond acceptors (Lipinski definition) is 4. The number of rotatable bonds is 3. The van der Waals surface area contributed by atoms with E-state index in [0.29, 0.717) is 6.04 Å². The van der Waals surface area contributed by atoms with Crippen LogP contribution in [0, 0.1) is 0 Å². The van der Waals surface area contributed by atoms with E-state index in [1.165, 1.54) is 0 Å². The maximum absolute atomic E-state index is 5.33. The molecule has 17 heavy (non-hydrogen) atoms. The summed E-state index contributed by atoms with van der Waals surface area (Å²) in [5, 5.41) is 11.8. The molecule has 0 saturated carbocycles. The standard InChI is InChI=1S/C12H22N4O/c1-12(2,3)16-9-11(14-15-16)8-13-10-4-6-17-7-5-10/h9-10,13H,4-8H2,1-3H3. The maximum Gasteiger partial charge on any atom is 0.0965 e. The first-order chi connectivity index (χ1) is 8.05. The Bertz CT molecular complexity index is 350. The molecule has 2 rings (SSSR count). The van der Waals surface area contributed by atoms with Gasteiger partial charge in [-0.25, -0.2) is 4.68 Å². The average Bonchev–Trinajstić information content (AvgIpc) is 2.76. The molecule has 0 atom stereocenters. The monoisotopic (exact) mass is 238 g/mol. The van der Waals surface area contributed by atoms with Gasteiger partial charge in [0.1, 0.15) is 0 Å². The molecule has 0 bridgehead atoms. The van der Waals surface area contributed by atoms with Gasteiger partial charge in [0.15, 0.2) is 0 Å². The van der Waals surface area contributed by atoms with Crippen LogP contribution in [-0.4, -0.2) is 34.2 Å². The lowest BCUT2D eigenvalue weighted by Gasteiger charge is -2.22. The Morgan fingerprint density at radius 3 is 2.71 bits per heavy atom. The fourth-order valence-electron chi connectivity index (χ4n) is 1.86. The predicted octanol–water partition coefficient (Wildman–Crippen LogP) is 1.30. The van der Waals surface area contributed by atoms with E-state index in [-0.39, 0.29) is 5.54 Å². The van der Waals surface area contributed by atoms with E-state index >= 15 is 0 Å². The Kier molecular flexibility index (Phi) is 3.79. The summed E-state index contributed by atoms with van der Waals surface area (Å²) in [6, 6.07) is 0.559. The van der Waals surface area contributed by atoms with Gasteiger partial charge in [-0.1, -0.05) is 5.21 Å². The Morgan fingerprint density at radius 2 is 2.12 bits per heavy atom. The highest BCUT2D eigenvalue weighted by atomic mass is 16.5. The van der Waals surface area contributed by atoms with E-state index in [1.54, 1.807) is 0 Å². The first-order valence-corrected chi connectivity index (χ1v) is 6.28. The SMILES string of the molecule is CC(C)(C)n1cc(CNC2CCOCC2)nn1. The van der Waals surface area contributed by atoms with Crippen LogP contribution in [0.1, 0.15) is 39.3 Å². The van der Waals surface area contributed by atoms with Crippen LogP contribution in [-0.2, 0) is 16.8 Å².